The molecule has 0 aromatic carbocycles. The quantitative estimate of drug-likeness (QED) is 0.508. The second-order valence-corrected chi connectivity index (χ2v) is 5.95. The zero-order valence-electron chi connectivity index (χ0n) is 11.6. The van der Waals surface area contributed by atoms with Gasteiger partial charge in [-0.15, -0.1) is 0 Å². The molecule has 0 amide bonds. The van der Waals surface area contributed by atoms with E-state index in [0.29, 0.717) is 24.0 Å². The molecule has 0 aliphatic rings. The Morgan fingerprint density at radius 3 is 2.19 bits per heavy atom. The first-order chi connectivity index (χ1) is 7.15. The van der Waals surface area contributed by atoms with E-state index < -0.39 is 0 Å². The minimum absolute atomic E-state index is 0.0365. The number of esters is 1. The van der Waals surface area contributed by atoms with Crippen LogP contribution in [0.25, 0.3) is 0 Å². The Hall–Kier alpha value is -0.790. The largest absolute Gasteiger partial charge is 0.462 e. The lowest BCUT2D eigenvalue weighted by molar-refractivity contribution is -0.142. The summed E-state index contributed by atoms with van der Waals surface area (Å²) in [6.07, 6.45) is 1.06. The van der Waals surface area contributed by atoms with Gasteiger partial charge in [0.2, 0.25) is 0 Å². The van der Waals surface area contributed by atoms with Crippen LogP contribution in [0.1, 0.15) is 48.0 Å². The third-order valence-corrected chi connectivity index (χ3v) is 2.96. The standard InChI is InChI=1S/C14H26O2/c1-10(2)12(5)8-14(6,7)9-16-13(15)11(3)4/h10,12H,3,8-9H2,1-2,4-7H3. The van der Waals surface area contributed by atoms with E-state index in [1.165, 1.54) is 0 Å². The van der Waals surface area contributed by atoms with Crippen molar-refractivity contribution >= 4 is 5.97 Å². The molecule has 0 bridgehead atoms. The number of hydrogen-bond acceptors (Lipinski definition) is 2. The summed E-state index contributed by atoms with van der Waals surface area (Å²) in [6, 6.07) is 0. The fourth-order valence-electron chi connectivity index (χ4n) is 1.55. The van der Waals surface area contributed by atoms with Crippen LogP contribution < -0.4 is 0 Å². The van der Waals surface area contributed by atoms with Gasteiger partial charge in [0.15, 0.2) is 0 Å². The maximum Gasteiger partial charge on any atom is 0.333 e. The molecular weight excluding hydrogens is 200 g/mol. The first-order valence-electron chi connectivity index (χ1n) is 5.98. The molecule has 0 saturated heterocycles. The molecule has 0 fully saturated rings. The molecule has 16 heavy (non-hydrogen) atoms. The van der Waals surface area contributed by atoms with Crippen LogP contribution in [0.4, 0.5) is 0 Å². The number of rotatable bonds is 6. The molecule has 0 radical (unpaired) electrons. The van der Waals surface area contributed by atoms with E-state index in [2.05, 4.69) is 41.2 Å². The first kappa shape index (κ1) is 15.2. The van der Waals surface area contributed by atoms with Crippen LogP contribution in [0.5, 0.6) is 0 Å². The van der Waals surface area contributed by atoms with Crippen molar-refractivity contribution in [1.29, 1.82) is 0 Å². The van der Waals surface area contributed by atoms with Gasteiger partial charge in [0, 0.05) is 5.57 Å². The minimum Gasteiger partial charge on any atom is -0.462 e. The van der Waals surface area contributed by atoms with Crippen LogP contribution >= 0.6 is 0 Å². The van der Waals surface area contributed by atoms with Gasteiger partial charge >= 0.3 is 5.97 Å². The molecule has 0 aromatic rings. The normalized spacial score (nSPS) is 13.7. The monoisotopic (exact) mass is 226 g/mol. The number of carbonyl (C=O) groups excluding carboxylic acids is 1. The van der Waals surface area contributed by atoms with Crippen molar-refractivity contribution in [1.82, 2.24) is 0 Å². The van der Waals surface area contributed by atoms with Crippen molar-refractivity contribution in [2.24, 2.45) is 17.3 Å². The maximum atomic E-state index is 11.3. The highest BCUT2D eigenvalue weighted by molar-refractivity contribution is 5.86. The summed E-state index contributed by atoms with van der Waals surface area (Å²) in [5, 5.41) is 0. The van der Waals surface area contributed by atoms with Gasteiger partial charge in [-0.25, -0.2) is 4.79 Å². The molecule has 1 atom stereocenters. The van der Waals surface area contributed by atoms with Crippen molar-refractivity contribution in [3.63, 3.8) is 0 Å². The van der Waals surface area contributed by atoms with Crippen molar-refractivity contribution in [3.8, 4) is 0 Å². The van der Waals surface area contributed by atoms with E-state index >= 15 is 0 Å². The summed E-state index contributed by atoms with van der Waals surface area (Å²) in [5.74, 6) is 1.01. The summed E-state index contributed by atoms with van der Waals surface area (Å²) in [6.45, 7) is 16.7. The maximum absolute atomic E-state index is 11.3. The lowest BCUT2D eigenvalue weighted by atomic mass is 9.80. The SMILES string of the molecule is C=C(C)C(=O)OCC(C)(C)CC(C)C(C)C. The molecule has 1 unspecified atom stereocenters. The van der Waals surface area contributed by atoms with Crippen LogP contribution in [0.15, 0.2) is 12.2 Å². The highest BCUT2D eigenvalue weighted by atomic mass is 16.5. The summed E-state index contributed by atoms with van der Waals surface area (Å²) in [5.41, 5.74) is 0.502. The Balaban J connectivity index is 4.15. The molecule has 0 aliphatic heterocycles. The van der Waals surface area contributed by atoms with Gasteiger partial charge in [0.1, 0.15) is 0 Å². The van der Waals surface area contributed by atoms with E-state index in [1.54, 1.807) is 6.92 Å². The Kier molecular flexibility index (Phi) is 5.77. The first-order valence-corrected chi connectivity index (χ1v) is 5.98. The number of ether oxygens (including phenoxy) is 1. The van der Waals surface area contributed by atoms with Crippen molar-refractivity contribution in [3.05, 3.63) is 12.2 Å². The second-order valence-electron chi connectivity index (χ2n) is 5.95. The third kappa shape index (κ3) is 5.94. The fourth-order valence-corrected chi connectivity index (χ4v) is 1.55. The number of hydrogen-bond donors (Lipinski definition) is 0. The van der Waals surface area contributed by atoms with Gasteiger partial charge in [-0.05, 0) is 30.6 Å². The summed E-state index contributed by atoms with van der Waals surface area (Å²) >= 11 is 0. The van der Waals surface area contributed by atoms with Crippen LogP contribution in [0.2, 0.25) is 0 Å². The van der Waals surface area contributed by atoms with E-state index in [0.717, 1.165) is 6.42 Å². The van der Waals surface area contributed by atoms with Crippen LogP contribution in [0, 0.1) is 17.3 Å². The molecule has 0 aliphatic carbocycles. The molecule has 94 valence electrons. The second kappa shape index (κ2) is 6.07. The van der Waals surface area contributed by atoms with Crippen LogP contribution in [-0.2, 0) is 9.53 Å². The van der Waals surface area contributed by atoms with Gasteiger partial charge in [0.25, 0.3) is 0 Å². The molecule has 2 nitrogen and oxygen atoms in total. The Morgan fingerprint density at radius 1 is 1.31 bits per heavy atom. The lowest BCUT2D eigenvalue weighted by Gasteiger charge is -2.29. The molecule has 0 N–H and O–H groups in total. The van der Waals surface area contributed by atoms with Crippen LogP contribution in [0.3, 0.4) is 0 Å². The van der Waals surface area contributed by atoms with Gasteiger partial charge in [-0.1, -0.05) is 41.2 Å². The number of carbonyl (C=O) groups is 1. The molecule has 0 rings (SSSR count). The zero-order valence-corrected chi connectivity index (χ0v) is 11.6. The van der Waals surface area contributed by atoms with Crippen molar-refractivity contribution < 1.29 is 9.53 Å². The highest BCUT2D eigenvalue weighted by Crippen LogP contribution is 2.29. The topological polar surface area (TPSA) is 26.3 Å². The summed E-state index contributed by atoms with van der Waals surface area (Å²) in [4.78, 5) is 11.3. The summed E-state index contributed by atoms with van der Waals surface area (Å²) < 4.78 is 5.21. The van der Waals surface area contributed by atoms with Gasteiger partial charge in [0.05, 0.1) is 6.61 Å². The Bertz CT molecular complexity index is 251. The molecule has 0 saturated carbocycles. The minimum atomic E-state index is -0.287. The van der Waals surface area contributed by atoms with E-state index in [-0.39, 0.29) is 11.4 Å². The van der Waals surface area contributed by atoms with E-state index in [9.17, 15) is 4.79 Å². The van der Waals surface area contributed by atoms with Gasteiger partial charge in [-0.3, -0.25) is 0 Å². The average Bonchev–Trinajstić information content (AvgIpc) is 2.13. The fraction of sp³-hybridized carbons (Fsp3) is 0.786. The van der Waals surface area contributed by atoms with Gasteiger partial charge in [-0.2, -0.15) is 0 Å². The average molecular weight is 226 g/mol. The smallest absolute Gasteiger partial charge is 0.333 e. The molecule has 0 aromatic heterocycles. The van der Waals surface area contributed by atoms with E-state index in [4.69, 9.17) is 4.74 Å². The molecule has 2 heteroatoms. The molecule has 0 heterocycles. The van der Waals surface area contributed by atoms with Gasteiger partial charge < -0.3 is 4.74 Å². The highest BCUT2D eigenvalue weighted by Gasteiger charge is 2.24. The third-order valence-electron chi connectivity index (χ3n) is 2.96. The molecule has 0 spiro atoms. The Morgan fingerprint density at radius 2 is 1.81 bits per heavy atom. The molecular formula is C14H26O2. The van der Waals surface area contributed by atoms with Crippen molar-refractivity contribution in [2.45, 2.75) is 48.0 Å². The Labute approximate surface area is 100 Å². The lowest BCUT2D eigenvalue weighted by Crippen LogP contribution is -2.25. The summed E-state index contributed by atoms with van der Waals surface area (Å²) in [7, 11) is 0. The van der Waals surface area contributed by atoms with Crippen molar-refractivity contribution in [2.75, 3.05) is 6.61 Å². The van der Waals surface area contributed by atoms with E-state index in [1.807, 2.05) is 0 Å². The zero-order chi connectivity index (χ0) is 12.9. The predicted octanol–water partition coefficient (Wildman–Crippen LogP) is 3.81. The predicted molar refractivity (Wildman–Crippen MR) is 68.2 cm³/mol. The van der Waals surface area contributed by atoms with Crippen LogP contribution in [-0.4, -0.2) is 12.6 Å².